The Morgan fingerprint density at radius 3 is 2.62 bits per heavy atom. The molecule has 1 amide bonds. The summed E-state index contributed by atoms with van der Waals surface area (Å²) in [6, 6.07) is 14.9. The molecule has 0 aliphatic heterocycles. The maximum atomic E-state index is 12.3. The molecule has 0 unspecified atom stereocenters. The first kappa shape index (κ1) is 18.4. The molecule has 1 N–H and O–H groups in total. The first-order valence-electron chi connectivity index (χ1n) is 9.05. The highest BCUT2D eigenvalue weighted by Gasteiger charge is 2.09. The van der Waals surface area contributed by atoms with Crippen LogP contribution in [0, 0.1) is 0 Å². The van der Waals surface area contributed by atoms with E-state index in [0.717, 1.165) is 28.3 Å². The van der Waals surface area contributed by atoms with Gasteiger partial charge in [-0.3, -0.25) is 14.8 Å². The van der Waals surface area contributed by atoms with Crippen molar-refractivity contribution in [2.75, 3.05) is 7.11 Å². The van der Waals surface area contributed by atoms with Crippen LogP contribution in [-0.2, 0) is 6.54 Å². The Hall–Kier alpha value is -4.00. The predicted octanol–water partition coefficient (Wildman–Crippen LogP) is 3.27. The molecule has 7 nitrogen and oxygen atoms in total. The Morgan fingerprint density at radius 2 is 1.93 bits per heavy atom. The topological polar surface area (TPSA) is 81.9 Å². The Bertz CT molecular complexity index is 1090. The van der Waals surface area contributed by atoms with Crippen LogP contribution in [0.15, 0.2) is 79.5 Å². The number of carbonyl (C=O) groups is 1. The van der Waals surface area contributed by atoms with Gasteiger partial charge in [-0.25, -0.2) is 4.68 Å². The fraction of sp³-hybridized carbons (Fsp3) is 0.0909. The lowest BCUT2D eigenvalue weighted by atomic mass is 10.2. The van der Waals surface area contributed by atoms with Crippen molar-refractivity contribution in [2.24, 2.45) is 0 Å². The van der Waals surface area contributed by atoms with Gasteiger partial charge in [0, 0.05) is 36.9 Å². The summed E-state index contributed by atoms with van der Waals surface area (Å²) in [5.74, 6) is 0.613. The zero-order valence-electron chi connectivity index (χ0n) is 15.8. The van der Waals surface area contributed by atoms with Gasteiger partial charge in [0.25, 0.3) is 5.91 Å². The number of carbonyl (C=O) groups excluding carboxylic acids is 1. The van der Waals surface area contributed by atoms with E-state index in [2.05, 4.69) is 20.4 Å². The molecular weight excluding hydrogens is 366 g/mol. The van der Waals surface area contributed by atoms with Gasteiger partial charge in [-0.05, 0) is 48.0 Å². The fourth-order valence-electron chi connectivity index (χ4n) is 2.82. The van der Waals surface area contributed by atoms with E-state index in [1.165, 1.54) is 0 Å². The summed E-state index contributed by atoms with van der Waals surface area (Å²) in [6.07, 6.45) is 8.63. The van der Waals surface area contributed by atoms with Gasteiger partial charge in [-0.15, -0.1) is 0 Å². The third-order valence-electron chi connectivity index (χ3n) is 4.42. The van der Waals surface area contributed by atoms with Crippen LogP contribution < -0.4 is 10.1 Å². The summed E-state index contributed by atoms with van der Waals surface area (Å²) >= 11 is 0. The maximum absolute atomic E-state index is 12.3. The first-order chi connectivity index (χ1) is 14.2. The number of hydrogen-bond acceptors (Lipinski definition) is 5. The Morgan fingerprint density at radius 1 is 1.07 bits per heavy atom. The number of nitrogens with zero attached hydrogens (tertiary/aromatic N) is 4. The standard InChI is InChI=1S/C22H19N5O2/c1-29-20-7-5-19(6-8-20)27-15-18(14-26-27)21-9-4-17(13-24-21)22(28)25-12-16-3-2-10-23-11-16/h2-11,13-15H,12H2,1H3,(H,25,28). The number of rotatable bonds is 6. The molecule has 3 heterocycles. The van der Waals surface area contributed by atoms with Crippen molar-refractivity contribution in [1.82, 2.24) is 25.1 Å². The summed E-state index contributed by atoms with van der Waals surface area (Å²) in [5, 5.41) is 7.25. The zero-order valence-corrected chi connectivity index (χ0v) is 15.8. The van der Waals surface area contributed by atoms with Gasteiger partial charge in [0.1, 0.15) is 5.75 Å². The predicted molar refractivity (Wildman–Crippen MR) is 109 cm³/mol. The van der Waals surface area contributed by atoms with Crippen molar-refractivity contribution < 1.29 is 9.53 Å². The van der Waals surface area contributed by atoms with E-state index in [1.54, 1.807) is 42.6 Å². The largest absolute Gasteiger partial charge is 0.497 e. The Kier molecular flexibility index (Phi) is 5.29. The summed E-state index contributed by atoms with van der Waals surface area (Å²) < 4.78 is 6.95. The molecule has 7 heteroatoms. The van der Waals surface area contributed by atoms with Crippen molar-refractivity contribution in [1.29, 1.82) is 0 Å². The van der Waals surface area contributed by atoms with Crippen LogP contribution in [0.4, 0.5) is 0 Å². The molecule has 0 atom stereocenters. The van der Waals surface area contributed by atoms with Gasteiger partial charge in [-0.1, -0.05) is 6.07 Å². The van der Waals surface area contributed by atoms with E-state index in [9.17, 15) is 4.79 Å². The molecule has 4 aromatic rings. The highest BCUT2D eigenvalue weighted by atomic mass is 16.5. The molecule has 4 rings (SSSR count). The smallest absolute Gasteiger partial charge is 0.253 e. The van der Waals surface area contributed by atoms with Crippen LogP contribution in [-0.4, -0.2) is 32.8 Å². The normalized spacial score (nSPS) is 10.5. The average molecular weight is 385 g/mol. The van der Waals surface area contributed by atoms with Gasteiger partial charge in [-0.2, -0.15) is 5.10 Å². The monoisotopic (exact) mass is 385 g/mol. The third-order valence-corrected chi connectivity index (χ3v) is 4.42. The third kappa shape index (κ3) is 4.30. The number of hydrogen-bond donors (Lipinski definition) is 1. The Labute approximate surface area is 168 Å². The second kappa shape index (κ2) is 8.35. The molecule has 1 aromatic carbocycles. The van der Waals surface area contributed by atoms with Crippen LogP contribution >= 0.6 is 0 Å². The summed E-state index contributed by atoms with van der Waals surface area (Å²) in [5.41, 5.74) is 3.97. The second-order valence-electron chi connectivity index (χ2n) is 6.35. The molecule has 29 heavy (non-hydrogen) atoms. The van der Waals surface area contributed by atoms with E-state index in [0.29, 0.717) is 12.1 Å². The van der Waals surface area contributed by atoms with Crippen molar-refractivity contribution >= 4 is 5.91 Å². The number of pyridine rings is 2. The van der Waals surface area contributed by atoms with Crippen molar-refractivity contribution in [3.63, 3.8) is 0 Å². The number of ether oxygens (including phenoxy) is 1. The Balaban J connectivity index is 1.43. The minimum absolute atomic E-state index is 0.179. The molecule has 0 aliphatic rings. The molecule has 0 fully saturated rings. The van der Waals surface area contributed by atoms with Crippen LogP contribution in [0.5, 0.6) is 5.75 Å². The van der Waals surface area contributed by atoms with Crippen molar-refractivity contribution in [2.45, 2.75) is 6.54 Å². The quantitative estimate of drug-likeness (QED) is 0.551. The van der Waals surface area contributed by atoms with Crippen LogP contribution in [0.25, 0.3) is 16.9 Å². The number of benzene rings is 1. The molecule has 0 radical (unpaired) electrons. The molecule has 144 valence electrons. The summed E-state index contributed by atoms with van der Waals surface area (Å²) in [4.78, 5) is 20.8. The fourth-order valence-corrected chi connectivity index (χ4v) is 2.82. The van der Waals surface area contributed by atoms with Gasteiger partial charge in [0.2, 0.25) is 0 Å². The van der Waals surface area contributed by atoms with Crippen molar-refractivity contribution in [3.05, 3.63) is 90.6 Å². The lowest BCUT2D eigenvalue weighted by molar-refractivity contribution is 0.0950. The van der Waals surface area contributed by atoms with E-state index in [1.807, 2.05) is 48.7 Å². The molecule has 0 saturated carbocycles. The number of methoxy groups -OCH3 is 1. The second-order valence-corrected chi connectivity index (χ2v) is 6.35. The lowest BCUT2D eigenvalue weighted by Crippen LogP contribution is -2.22. The minimum atomic E-state index is -0.179. The summed E-state index contributed by atoms with van der Waals surface area (Å²) in [7, 11) is 1.63. The van der Waals surface area contributed by atoms with Crippen LogP contribution in [0.3, 0.4) is 0 Å². The highest BCUT2D eigenvalue weighted by molar-refractivity contribution is 5.94. The minimum Gasteiger partial charge on any atom is -0.497 e. The van der Waals surface area contributed by atoms with Crippen molar-refractivity contribution in [3.8, 4) is 22.7 Å². The molecule has 0 saturated heterocycles. The van der Waals surface area contributed by atoms with E-state index < -0.39 is 0 Å². The lowest BCUT2D eigenvalue weighted by Gasteiger charge is -2.05. The summed E-state index contributed by atoms with van der Waals surface area (Å²) in [6.45, 7) is 0.420. The molecule has 3 aromatic heterocycles. The molecule has 0 aliphatic carbocycles. The van der Waals surface area contributed by atoms with Gasteiger partial charge >= 0.3 is 0 Å². The zero-order chi connectivity index (χ0) is 20.1. The molecule has 0 spiro atoms. The molecule has 0 bridgehead atoms. The highest BCUT2D eigenvalue weighted by Crippen LogP contribution is 2.20. The van der Waals surface area contributed by atoms with Crippen LogP contribution in [0.2, 0.25) is 0 Å². The number of aromatic nitrogens is 4. The maximum Gasteiger partial charge on any atom is 0.253 e. The van der Waals surface area contributed by atoms with E-state index >= 15 is 0 Å². The van der Waals surface area contributed by atoms with Crippen LogP contribution in [0.1, 0.15) is 15.9 Å². The van der Waals surface area contributed by atoms with Gasteiger partial charge < -0.3 is 10.1 Å². The van der Waals surface area contributed by atoms with E-state index in [4.69, 9.17) is 4.74 Å². The molecular formula is C22H19N5O2. The first-order valence-corrected chi connectivity index (χ1v) is 9.05. The SMILES string of the molecule is COc1ccc(-n2cc(-c3ccc(C(=O)NCc4cccnc4)cn3)cn2)cc1. The average Bonchev–Trinajstić information content (AvgIpc) is 3.29. The van der Waals surface area contributed by atoms with E-state index in [-0.39, 0.29) is 5.91 Å². The number of amides is 1. The van der Waals surface area contributed by atoms with Gasteiger partial charge in [0.15, 0.2) is 0 Å². The van der Waals surface area contributed by atoms with Gasteiger partial charge in [0.05, 0.1) is 30.3 Å². The number of nitrogens with one attached hydrogen (secondary N) is 1.